The van der Waals surface area contributed by atoms with E-state index in [2.05, 4.69) is 15.9 Å². The van der Waals surface area contributed by atoms with Crippen molar-refractivity contribution in [2.24, 2.45) is 0 Å². The van der Waals surface area contributed by atoms with Crippen LogP contribution < -0.4 is 0 Å². The van der Waals surface area contributed by atoms with Crippen LogP contribution in [0.25, 0.3) is 11.5 Å². The quantitative estimate of drug-likeness (QED) is 0.766. The van der Waals surface area contributed by atoms with E-state index < -0.39 is 0 Å². The summed E-state index contributed by atoms with van der Waals surface area (Å²) in [6.45, 7) is 0. The van der Waals surface area contributed by atoms with Crippen molar-refractivity contribution in [1.29, 1.82) is 5.26 Å². The second-order valence-electron chi connectivity index (χ2n) is 2.38. The Bertz CT molecular complexity index is 464. The molecule has 3 nitrogen and oxygen atoms in total. The Morgan fingerprint density at radius 3 is 2.31 bits per heavy atom. The van der Waals surface area contributed by atoms with Crippen LogP contribution >= 0.6 is 15.9 Å². The topological polar surface area (TPSA) is 50.1 Å². The van der Waals surface area contributed by atoms with E-state index in [1.807, 2.05) is 6.07 Å². The third-order valence-electron chi connectivity index (χ3n) is 1.53. The van der Waals surface area contributed by atoms with Gasteiger partial charge in [-0.2, -0.15) is 5.26 Å². The van der Waals surface area contributed by atoms with Gasteiger partial charge in [0.15, 0.2) is 16.2 Å². The van der Waals surface area contributed by atoms with Crippen molar-refractivity contribution in [2.75, 3.05) is 0 Å². The highest BCUT2D eigenvalue weighted by Crippen LogP contribution is 2.26. The summed E-state index contributed by atoms with van der Waals surface area (Å²) < 4.78 is 11.0. The van der Waals surface area contributed by atoms with Crippen LogP contribution in [0, 0.1) is 11.3 Å². The number of rotatable bonds is 1. The largest absolute Gasteiger partial charge is 0.446 e. The molecule has 0 fully saturated rings. The van der Waals surface area contributed by atoms with Gasteiger partial charge in [0.1, 0.15) is 6.07 Å². The van der Waals surface area contributed by atoms with Gasteiger partial charge in [-0.1, -0.05) is 0 Å². The predicted octanol–water partition coefficient (Wildman–Crippen LogP) is 3.17. The summed E-state index contributed by atoms with van der Waals surface area (Å²) in [5.41, 5.74) is 0. The van der Waals surface area contributed by atoms with E-state index in [9.17, 15) is 0 Å². The van der Waals surface area contributed by atoms with Gasteiger partial charge >= 0.3 is 0 Å². The Morgan fingerprint density at radius 1 is 1.08 bits per heavy atom. The Kier molecular flexibility index (Phi) is 1.95. The van der Waals surface area contributed by atoms with Gasteiger partial charge in [0.2, 0.25) is 5.76 Å². The first-order chi connectivity index (χ1) is 6.29. The van der Waals surface area contributed by atoms with Crippen LogP contribution in [-0.2, 0) is 0 Å². The molecule has 0 spiro atoms. The number of furan rings is 2. The molecule has 0 aliphatic carbocycles. The molecule has 0 amide bonds. The average Bonchev–Trinajstić information content (AvgIpc) is 2.71. The standard InChI is InChI=1S/C9H4BrNO2/c10-9-4-3-8(13-9)7-2-1-6(5-11)12-7/h1-4H. The maximum absolute atomic E-state index is 8.52. The summed E-state index contributed by atoms with van der Waals surface area (Å²) in [5.74, 6) is 1.44. The predicted molar refractivity (Wildman–Crippen MR) is 48.8 cm³/mol. The molecule has 0 aromatic carbocycles. The number of nitriles is 1. The van der Waals surface area contributed by atoms with Crippen LogP contribution in [0.15, 0.2) is 37.8 Å². The minimum absolute atomic E-state index is 0.280. The molecule has 0 unspecified atom stereocenters. The molecule has 0 aliphatic heterocycles. The molecule has 2 heterocycles. The molecule has 0 bridgehead atoms. The van der Waals surface area contributed by atoms with E-state index in [1.165, 1.54) is 0 Å². The van der Waals surface area contributed by atoms with Gasteiger partial charge in [0.05, 0.1) is 0 Å². The maximum atomic E-state index is 8.52. The molecule has 4 heteroatoms. The van der Waals surface area contributed by atoms with E-state index >= 15 is 0 Å². The first-order valence-corrected chi connectivity index (χ1v) is 4.34. The number of halogens is 1. The number of nitrogens with zero attached hydrogens (tertiary/aromatic N) is 1. The van der Waals surface area contributed by atoms with Crippen LogP contribution in [0.2, 0.25) is 0 Å². The molecule has 2 aromatic heterocycles. The SMILES string of the molecule is N#Cc1ccc(-c2ccc(Br)o2)o1. The highest BCUT2D eigenvalue weighted by Gasteiger charge is 2.07. The minimum Gasteiger partial charge on any atom is -0.446 e. The van der Waals surface area contributed by atoms with E-state index in [4.69, 9.17) is 14.1 Å². The molecular formula is C9H4BrNO2. The van der Waals surface area contributed by atoms with E-state index in [0.29, 0.717) is 16.2 Å². The van der Waals surface area contributed by atoms with Gasteiger partial charge in [-0.15, -0.1) is 0 Å². The van der Waals surface area contributed by atoms with Crippen molar-refractivity contribution in [3.05, 3.63) is 34.7 Å². The van der Waals surface area contributed by atoms with Crippen molar-refractivity contribution in [3.63, 3.8) is 0 Å². The molecule has 0 aliphatic rings. The summed E-state index contributed by atoms with van der Waals surface area (Å²) in [7, 11) is 0. The Balaban J connectivity index is 2.42. The minimum atomic E-state index is 0.280. The molecule has 13 heavy (non-hydrogen) atoms. The zero-order valence-corrected chi connectivity index (χ0v) is 8.04. The molecule has 64 valence electrons. The van der Waals surface area contributed by atoms with Crippen LogP contribution in [-0.4, -0.2) is 0 Å². The van der Waals surface area contributed by atoms with Crippen molar-refractivity contribution in [3.8, 4) is 17.6 Å². The fourth-order valence-corrected chi connectivity index (χ4v) is 1.28. The summed E-state index contributed by atoms with van der Waals surface area (Å²) >= 11 is 3.18. The first kappa shape index (κ1) is 8.14. The molecule has 0 radical (unpaired) electrons. The summed E-state index contributed by atoms with van der Waals surface area (Å²) in [6, 6.07) is 8.74. The Morgan fingerprint density at radius 2 is 1.77 bits per heavy atom. The van der Waals surface area contributed by atoms with Crippen molar-refractivity contribution in [2.45, 2.75) is 0 Å². The van der Waals surface area contributed by atoms with Crippen LogP contribution in [0.3, 0.4) is 0 Å². The fraction of sp³-hybridized carbons (Fsp3) is 0. The van der Waals surface area contributed by atoms with Gasteiger partial charge in [-0.05, 0) is 40.2 Å². The number of hydrogen-bond donors (Lipinski definition) is 0. The van der Waals surface area contributed by atoms with Crippen LogP contribution in [0.1, 0.15) is 5.76 Å². The van der Waals surface area contributed by atoms with Gasteiger partial charge in [-0.3, -0.25) is 0 Å². The van der Waals surface area contributed by atoms with E-state index in [-0.39, 0.29) is 5.76 Å². The summed E-state index contributed by atoms with van der Waals surface area (Å²) in [4.78, 5) is 0. The molecule has 2 rings (SSSR count). The fourth-order valence-electron chi connectivity index (χ4n) is 0.977. The second-order valence-corrected chi connectivity index (χ2v) is 3.16. The normalized spacial score (nSPS) is 9.85. The Labute approximate surface area is 82.7 Å². The van der Waals surface area contributed by atoms with Crippen LogP contribution in [0.5, 0.6) is 0 Å². The molecule has 0 saturated heterocycles. The van der Waals surface area contributed by atoms with Gasteiger partial charge < -0.3 is 8.83 Å². The van der Waals surface area contributed by atoms with Gasteiger partial charge in [-0.25, -0.2) is 0 Å². The maximum Gasteiger partial charge on any atom is 0.204 e. The average molecular weight is 238 g/mol. The lowest BCUT2D eigenvalue weighted by molar-refractivity contribution is 0.505. The summed E-state index contributed by atoms with van der Waals surface area (Å²) in [6.07, 6.45) is 0. The van der Waals surface area contributed by atoms with Gasteiger partial charge in [0, 0.05) is 0 Å². The molecular weight excluding hydrogens is 234 g/mol. The lowest BCUT2D eigenvalue weighted by atomic mass is 10.3. The first-order valence-electron chi connectivity index (χ1n) is 3.55. The van der Waals surface area contributed by atoms with Crippen molar-refractivity contribution in [1.82, 2.24) is 0 Å². The zero-order chi connectivity index (χ0) is 9.26. The highest BCUT2D eigenvalue weighted by molar-refractivity contribution is 9.10. The third-order valence-corrected chi connectivity index (χ3v) is 1.96. The Hall–Kier alpha value is -1.47. The van der Waals surface area contributed by atoms with E-state index in [1.54, 1.807) is 24.3 Å². The monoisotopic (exact) mass is 237 g/mol. The summed E-state index contributed by atoms with van der Waals surface area (Å²) in [5, 5.41) is 8.52. The smallest absolute Gasteiger partial charge is 0.204 e. The third kappa shape index (κ3) is 1.51. The van der Waals surface area contributed by atoms with Crippen LogP contribution in [0.4, 0.5) is 0 Å². The van der Waals surface area contributed by atoms with Gasteiger partial charge in [0.25, 0.3) is 0 Å². The molecule has 2 aromatic rings. The lowest BCUT2D eigenvalue weighted by Crippen LogP contribution is -1.64. The van der Waals surface area contributed by atoms with E-state index in [0.717, 1.165) is 0 Å². The highest BCUT2D eigenvalue weighted by atomic mass is 79.9. The molecule has 0 atom stereocenters. The van der Waals surface area contributed by atoms with Crippen molar-refractivity contribution < 1.29 is 8.83 Å². The number of hydrogen-bond acceptors (Lipinski definition) is 3. The molecule has 0 saturated carbocycles. The zero-order valence-electron chi connectivity index (χ0n) is 6.45. The second kappa shape index (κ2) is 3.11. The van der Waals surface area contributed by atoms with Crippen molar-refractivity contribution >= 4 is 15.9 Å². The molecule has 0 N–H and O–H groups in total. The lowest BCUT2D eigenvalue weighted by Gasteiger charge is -1.87.